The van der Waals surface area contributed by atoms with Crippen LogP contribution >= 0.6 is 15.9 Å². The average Bonchev–Trinajstić information content (AvgIpc) is 3.32. The van der Waals surface area contributed by atoms with E-state index in [2.05, 4.69) is 26.9 Å². The number of rotatable bonds is 2. The van der Waals surface area contributed by atoms with E-state index in [1.165, 1.54) is 18.4 Å². The van der Waals surface area contributed by atoms with Gasteiger partial charge in [0.25, 0.3) is 0 Å². The topological polar surface area (TPSA) is 52.9 Å². The monoisotopic (exact) mass is 405 g/mol. The zero-order valence-electron chi connectivity index (χ0n) is 14.2. The van der Waals surface area contributed by atoms with Gasteiger partial charge in [-0.1, -0.05) is 22.0 Å². The van der Waals surface area contributed by atoms with Gasteiger partial charge < -0.3 is 14.9 Å². The largest absolute Gasteiger partial charge is 0.504 e. The third kappa shape index (κ3) is 1.71. The molecule has 4 nitrogen and oxygen atoms in total. The first kappa shape index (κ1) is 15.3. The Labute approximate surface area is 156 Å². The first-order valence-corrected chi connectivity index (χ1v) is 10.6. The number of piperidine rings is 1. The van der Waals surface area contributed by atoms with Crippen molar-refractivity contribution in [2.75, 3.05) is 13.1 Å². The predicted octanol–water partition coefficient (Wildman–Crippen LogP) is 2.72. The van der Waals surface area contributed by atoms with E-state index in [1.807, 2.05) is 0 Å². The summed E-state index contributed by atoms with van der Waals surface area (Å²) in [5, 5.41) is 22.5. The van der Waals surface area contributed by atoms with Gasteiger partial charge in [-0.15, -0.1) is 0 Å². The number of likely N-dealkylation sites (tertiary alicyclic amines) is 1. The van der Waals surface area contributed by atoms with E-state index in [0.717, 1.165) is 50.3 Å². The minimum atomic E-state index is -0.749. The van der Waals surface area contributed by atoms with E-state index in [4.69, 9.17) is 4.74 Å². The van der Waals surface area contributed by atoms with Crippen molar-refractivity contribution in [3.8, 4) is 11.5 Å². The third-order valence-corrected chi connectivity index (χ3v) is 8.63. The van der Waals surface area contributed by atoms with Crippen molar-refractivity contribution >= 4 is 15.9 Å². The Kier molecular flexibility index (Phi) is 2.90. The molecule has 2 N–H and O–H groups in total. The number of alkyl halides is 1. The number of phenols is 1. The quantitative estimate of drug-likeness (QED) is 0.742. The molecule has 1 spiro atoms. The summed E-state index contributed by atoms with van der Waals surface area (Å²) < 4.78 is 6.34. The van der Waals surface area contributed by atoms with Crippen LogP contribution in [0.3, 0.4) is 0 Å². The fourth-order valence-corrected chi connectivity index (χ4v) is 7.21. The molecule has 5 aliphatic rings. The van der Waals surface area contributed by atoms with Gasteiger partial charge in [-0.3, -0.25) is 4.90 Å². The maximum atomic E-state index is 12.1. The minimum Gasteiger partial charge on any atom is -0.504 e. The standard InChI is InChI=1S/C20H24BrNO3/c21-13-5-6-20(24)15-9-12-3-4-14(23)17-16(12)19(20,18(13)25-17)7-8-22(15)10-11-1-2-11/h3-4,11,13,15,18,23-24H,1-2,5-10H2/t13-,15-,18+,19+,20-/m1/s1. The molecule has 1 aromatic rings. The van der Waals surface area contributed by atoms with Crippen LogP contribution in [0.2, 0.25) is 0 Å². The molecule has 1 aromatic carbocycles. The number of ether oxygens (including phenoxy) is 1. The molecule has 2 heterocycles. The Morgan fingerprint density at radius 3 is 2.88 bits per heavy atom. The third-order valence-electron chi connectivity index (χ3n) is 7.69. The first-order chi connectivity index (χ1) is 12.0. The molecule has 25 heavy (non-hydrogen) atoms. The summed E-state index contributed by atoms with van der Waals surface area (Å²) in [6.07, 6.45) is 6.12. The van der Waals surface area contributed by atoms with Crippen LogP contribution in [0.5, 0.6) is 11.5 Å². The lowest BCUT2D eigenvalue weighted by molar-refractivity contribution is -0.183. The van der Waals surface area contributed by atoms with E-state index in [-0.39, 0.29) is 28.1 Å². The van der Waals surface area contributed by atoms with E-state index < -0.39 is 5.60 Å². The molecule has 2 bridgehead atoms. The Hall–Kier alpha value is -0.780. The van der Waals surface area contributed by atoms with Crippen LogP contribution < -0.4 is 4.74 Å². The number of benzene rings is 1. The lowest BCUT2D eigenvalue weighted by Crippen LogP contribution is -2.76. The van der Waals surface area contributed by atoms with Crippen molar-refractivity contribution in [3.05, 3.63) is 23.3 Å². The van der Waals surface area contributed by atoms with Crippen molar-refractivity contribution in [2.24, 2.45) is 5.92 Å². The van der Waals surface area contributed by atoms with E-state index in [1.54, 1.807) is 6.07 Å². The lowest BCUT2D eigenvalue weighted by Gasteiger charge is -2.63. The summed E-state index contributed by atoms with van der Waals surface area (Å²) >= 11 is 3.83. The molecule has 0 amide bonds. The predicted molar refractivity (Wildman–Crippen MR) is 97.5 cm³/mol. The Morgan fingerprint density at radius 2 is 2.08 bits per heavy atom. The summed E-state index contributed by atoms with van der Waals surface area (Å²) in [5.41, 5.74) is 1.27. The smallest absolute Gasteiger partial charge is 0.165 e. The molecule has 3 fully saturated rings. The molecule has 0 unspecified atom stereocenters. The van der Waals surface area contributed by atoms with Gasteiger partial charge in [-0.2, -0.15) is 0 Å². The molecule has 0 radical (unpaired) electrons. The van der Waals surface area contributed by atoms with Crippen molar-refractivity contribution in [1.82, 2.24) is 4.90 Å². The Morgan fingerprint density at radius 1 is 1.24 bits per heavy atom. The van der Waals surface area contributed by atoms with Gasteiger partial charge in [-0.25, -0.2) is 0 Å². The molecule has 5 heteroatoms. The van der Waals surface area contributed by atoms with Crippen molar-refractivity contribution in [3.63, 3.8) is 0 Å². The summed E-state index contributed by atoms with van der Waals surface area (Å²) in [7, 11) is 0. The van der Waals surface area contributed by atoms with Crippen molar-refractivity contribution < 1.29 is 14.9 Å². The highest BCUT2D eigenvalue weighted by atomic mass is 79.9. The van der Waals surface area contributed by atoms with Gasteiger partial charge in [0.15, 0.2) is 11.5 Å². The number of hydrogen-bond donors (Lipinski definition) is 2. The molecular formula is C20H24BrNO3. The van der Waals surface area contributed by atoms with E-state index in [9.17, 15) is 10.2 Å². The first-order valence-electron chi connectivity index (χ1n) is 9.67. The molecule has 2 saturated carbocycles. The SMILES string of the molecule is Oc1ccc2c3c1O[C@H]1[C@H](Br)CC[C@@]4(O)[C@@H](C2)N(CC2CC2)CC[C@]314. The average molecular weight is 406 g/mol. The highest BCUT2D eigenvalue weighted by Crippen LogP contribution is 2.66. The zero-order chi connectivity index (χ0) is 17.0. The van der Waals surface area contributed by atoms with Gasteiger partial charge in [-0.05, 0) is 62.6 Å². The van der Waals surface area contributed by atoms with Crippen LogP contribution in [-0.2, 0) is 11.8 Å². The molecule has 5 atom stereocenters. The summed E-state index contributed by atoms with van der Waals surface area (Å²) in [6, 6.07) is 4.01. The maximum absolute atomic E-state index is 12.1. The lowest BCUT2D eigenvalue weighted by atomic mass is 9.49. The normalized spacial score (nSPS) is 44.3. The fourth-order valence-electron chi connectivity index (χ4n) is 6.42. The molecular weight excluding hydrogens is 382 g/mol. The van der Waals surface area contributed by atoms with Gasteiger partial charge >= 0.3 is 0 Å². The second kappa shape index (κ2) is 4.73. The number of hydrogen-bond acceptors (Lipinski definition) is 4. The highest BCUT2D eigenvalue weighted by molar-refractivity contribution is 9.09. The van der Waals surface area contributed by atoms with Crippen molar-refractivity contribution in [2.45, 2.75) is 66.5 Å². The second-order valence-electron chi connectivity index (χ2n) is 8.84. The summed E-state index contributed by atoms with van der Waals surface area (Å²) in [4.78, 5) is 2.80. The Bertz CT molecular complexity index is 766. The fraction of sp³-hybridized carbons (Fsp3) is 0.700. The number of phenolic OH excluding ortho intramolecular Hbond substituents is 1. The number of aliphatic hydroxyl groups is 1. The van der Waals surface area contributed by atoms with Gasteiger partial charge in [0.1, 0.15) is 6.10 Å². The minimum absolute atomic E-state index is 0.0841. The van der Waals surface area contributed by atoms with Crippen LogP contribution in [0.15, 0.2) is 12.1 Å². The summed E-state index contributed by atoms with van der Waals surface area (Å²) in [6.45, 7) is 2.16. The van der Waals surface area contributed by atoms with Crippen LogP contribution in [0.25, 0.3) is 0 Å². The maximum Gasteiger partial charge on any atom is 0.165 e. The van der Waals surface area contributed by atoms with Crippen LogP contribution in [0.1, 0.15) is 43.2 Å². The van der Waals surface area contributed by atoms with E-state index >= 15 is 0 Å². The Balaban J connectivity index is 1.57. The molecule has 6 rings (SSSR count). The molecule has 0 aromatic heterocycles. The highest BCUT2D eigenvalue weighted by Gasteiger charge is 2.72. The number of aromatic hydroxyl groups is 1. The van der Waals surface area contributed by atoms with Crippen LogP contribution in [0, 0.1) is 5.92 Å². The van der Waals surface area contributed by atoms with Gasteiger partial charge in [0, 0.05) is 18.2 Å². The van der Waals surface area contributed by atoms with Crippen LogP contribution in [-0.4, -0.2) is 50.8 Å². The van der Waals surface area contributed by atoms with E-state index in [0.29, 0.717) is 5.75 Å². The van der Waals surface area contributed by atoms with Gasteiger partial charge in [0.05, 0.1) is 15.8 Å². The zero-order valence-corrected chi connectivity index (χ0v) is 15.8. The van der Waals surface area contributed by atoms with Crippen molar-refractivity contribution in [1.29, 1.82) is 0 Å². The molecule has 3 aliphatic carbocycles. The molecule has 134 valence electrons. The summed E-state index contributed by atoms with van der Waals surface area (Å²) in [5.74, 6) is 1.70. The van der Waals surface area contributed by atoms with Gasteiger partial charge in [0.2, 0.25) is 0 Å². The number of nitrogens with zero attached hydrogens (tertiary/aromatic N) is 1. The molecule has 2 aliphatic heterocycles. The number of halogens is 1. The van der Waals surface area contributed by atoms with Crippen LogP contribution in [0.4, 0.5) is 0 Å². The molecule has 1 saturated heterocycles. The second-order valence-corrected chi connectivity index (χ2v) is 10.0.